The van der Waals surface area contributed by atoms with Crippen LogP contribution in [0, 0.1) is 11.8 Å². The number of rotatable bonds is 17. The summed E-state index contributed by atoms with van der Waals surface area (Å²) in [6.45, 7) is 0.276. The maximum absolute atomic E-state index is 11.1. The Morgan fingerprint density at radius 2 is 0.893 bits per heavy atom. The van der Waals surface area contributed by atoms with Gasteiger partial charge < -0.3 is 106 Å². The molecule has 22 nitrogen and oxygen atoms in total. The van der Waals surface area contributed by atoms with Gasteiger partial charge in [0.15, 0.2) is 0 Å². The van der Waals surface area contributed by atoms with Crippen molar-refractivity contribution in [1.29, 1.82) is 0 Å². The highest BCUT2D eigenvalue weighted by Gasteiger charge is 2.55. The molecule has 22 heteroatoms. The molecule has 0 spiro atoms. The third-order valence-electron chi connectivity index (χ3n) is 12.4. The highest BCUT2D eigenvalue weighted by Crippen LogP contribution is 2.37. The van der Waals surface area contributed by atoms with Crippen molar-refractivity contribution in [2.75, 3.05) is 53.5 Å². The van der Waals surface area contributed by atoms with E-state index in [1.165, 1.54) is 0 Å². The summed E-state index contributed by atoms with van der Waals surface area (Å²) in [6.07, 6.45) is -13.8. The molecule has 0 bridgehead atoms. The van der Waals surface area contributed by atoms with Gasteiger partial charge in [-0.1, -0.05) is 0 Å². The Kier molecular flexibility index (Phi) is 18.0. The maximum atomic E-state index is 11.1. The van der Waals surface area contributed by atoms with Gasteiger partial charge in [0.2, 0.25) is 0 Å². The van der Waals surface area contributed by atoms with Gasteiger partial charge in [-0.15, -0.1) is 0 Å². The maximum Gasteiger partial charge on any atom is 0.130 e. The van der Waals surface area contributed by atoms with Crippen LogP contribution in [0.2, 0.25) is 0 Å². The summed E-state index contributed by atoms with van der Waals surface area (Å²) < 4.78 is 24.1. The molecule has 0 aromatic heterocycles. The van der Waals surface area contributed by atoms with Crippen LogP contribution >= 0.6 is 0 Å². The van der Waals surface area contributed by atoms with E-state index in [-0.39, 0.29) is 39.1 Å². The van der Waals surface area contributed by atoms with Crippen molar-refractivity contribution in [2.24, 2.45) is 57.7 Å². The summed E-state index contributed by atoms with van der Waals surface area (Å²) in [5.74, 6) is -1.47. The number of hydrogen-bond acceptors (Lipinski definition) is 22. The summed E-state index contributed by atoms with van der Waals surface area (Å²) in [5, 5.41) is 85.9. The van der Waals surface area contributed by atoms with Crippen LogP contribution in [0.4, 0.5) is 0 Å². The smallest absolute Gasteiger partial charge is 0.130 e. The quantitative estimate of drug-likeness (QED) is 0.0479. The number of likely N-dealkylation sites (N-methyl/N-ethyl adjacent to an activating group) is 2. The van der Waals surface area contributed by atoms with E-state index in [0.717, 1.165) is 0 Å². The first-order valence-electron chi connectivity index (χ1n) is 19.7. The van der Waals surface area contributed by atoms with Crippen molar-refractivity contribution >= 4 is 0 Å². The van der Waals surface area contributed by atoms with Gasteiger partial charge in [0.1, 0.15) is 36.9 Å². The number of unbranched alkanes of at least 4 members (excludes halogenated alkanes) is 1. The highest BCUT2D eigenvalue weighted by atomic mass is 16.5. The van der Waals surface area contributed by atoms with Crippen molar-refractivity contribution in [3.05, 3.63) is 0 Å². The molecule has 0 aromatic carbocycles. The summed E-state index contributed by atoms with van der Waals surface area (Å²) in [6, 6.07) is -4.81. The second-order valence-corrected chi connectivity index (χ2v) is 16.4. The lowest BCUT2D eigenvalue weighted by Gasteiger charge is -2.51. The molecule has 24 N–H and O–H groups in total. The lowest BCUT2D eigenvalue weighted by Crippen LogP contribution is -2.70. The average Bonchev–Trinajstić information content (AvgIpc) is 3.16. The van der Waals surface area contributed by atoms with Crippen LogP contribution in [-0.2, 0) is 18.9 Å². The van der Waals surface area contributed by atoms with Crippen LogP contribution in [0.3, 0.4) is 0 Å². The third kappa shape index (κ3) is 10.7. The Balaban J connectivity index is 1.26. The first-order valence-corrected chi connectivity index (χ1v) is 19.7. The standard InChI is InChI=1S/C34H72N10O12/c1-43(19(45)11-53-33-21(13(37)7-15(39)25(33)47)31-23(41)29(51)27(49)17(9-35)55-31)5-3-4-6-44(2)20(46)12-54-34-22(14(38)8-16(40)26(34)48)32-24(42)30(52)28(50)18(10-36)56-32/h13-34,45-52H,3-12,35-42H2,1-2H3/t13-,14-,15+,16+,17+,18+,19-,20-,21-,22-,23+,24+,25-,26-,27+,28+,29+,30+,31+,32+,33-,34-/m0/s1. The first kappa shape index (κ1) is 47.8. The summed E-state index contributed by atoms with van der Waals surface area (Å²) in [4.78, 5) is 3.33. The molecule has 2 saturated carbocycles. The normalized spacial score (nSPS) is 46.3. The largest absolute Gasteiger partial charge is 0.389 e. The molecule has 4 fully saturated rings. The molecule has 0 unspecified atom stereocenters. The van der Waals surface area contributed by atoms with E-state index in [1.807, 2.05) is 0 Å². The average molecular weight is 813 g/mol. The van der Waals surface area contributed by atoms with Gasteiger partial charge in [-0.05, 0) is 39.8 Å². The Bertz CT molecular complexity index is 1090. The van der Waals surface area contributed by atoms with Gasteiger partial charge in [0.05, 0.1) is 74.1 Å². The summed E-state index contributed by atoms with van der Waals surface area (Å²) >= 11 is 0. The molecule has 4 aliphatic rings. The number of aliphatic hydroxyl groups is 8. The molecule has 22 atom stereocenters. The van der Waals surface area contributed by atoms with E-state index >= 15 is 0 Å². The number of nitrogens with two attached hydrogens (primary N) is 8. The zero-order valence-electron chi connectivity index (χ0n) is 32.5. The minimum absolute atomic E-state index is 0.0834. The predicted octanol–water partition coefficient (Wildman–Crippen LogP) is -9.34. The highest BCUT2D eigenvalue weighted by molar-refractivity contribution is 5.08. The molecule has 0 radical (unpaired) electrons. The zero-order valence-corrected chi connectivity index (χ0v) is 32.5. The molecule has 0 amide bonds. The number of nitrogens with zero attached hydrogens (tertiary/aromatic N) is 2. The molecule has 2 saturated heterocycles. The fraction of sp³-hybridized carbons (Fsp3) is 1.00. The van der Waals surface area contributed by atoms with Crippen molar-refractivity contribution in [2.45, 2.75) is 148 Å². The van der Waals surface area contributed by atoms with E-state index in [2.05, 4.69) is 0 Å². The minimum Gasteiger partial charge on any atom is -0.389 e. The summed E-state index contributed by atoms with van der Waals surface area (Å²) in [7, 11) is 3.41. The molecule has 330 valence electrons. The topological polar surface area (TPSA) is 413 Å². The monoisotopic (exact) mass is 813 g/mol. The molecular formula is C34H72N10O12. The van der Waals surface area contributed by atoms with Gasteiger partial charge >= 0.3 is 0 Å². The fourth-order valence-corrected chi connectivity index (χ4v) is 8.72. The second-order valence-electron chi connectivity index (χ2n) is 16.4. The number of ether oxygens (including phenoxy) is 4. The first-order chi connectivity index (χ1) is 26.4. The van der Waals surface area contributed by atoms with Crippen molar-refractivity contribution < 1.29 is 59.8 Å². The van der Waals surface area contributed by atoms with Crippen molar-refractivity contribution in [3.8, 4) is 0 Å². The van der Waals surface area contributed by atoms with Crippen LogP contribution in [0.5, 0.6) is 0 Å². The van der Waals surface area contributed by atoms with Crippen molar-refractivity contribution in [1.82, 2.24) is 9.80 Å². The van der Waals surface area contributed by atoms with Crippen LogP contribution in [0.15, 0.2) is 0 Å². The molecule has 2 aliphatic heterocycles. The van der Waals surface area contributed by atoms with Gasteiger partial charge in [-0.25, -0.2) is 0 Å². The van der Waals surface area contributed by atoms with Gasteiger partial charge in [-0.3, -0.25) is 9.80 Å². The summed E-state index contributed by atoms with van der Waals surface area (Å²) in [5.41, 5.74) is 49.3. The Morgan fingerprint density at radius 1 is 0.554 bits per heavy atom. The predicted molar refractivity (Wildman–Crippen MR) is 202 cm³/mol. The van der Waals surface area contributed by atoms with E-state index in [4.69, 9.17) is 64.8 Å². The van der Waals surface area contributed by atoms with Gasteiger partial charge in [-0.2, -0.15) is 0 Å². The molecule has 56 heavy (non-hydrogen) atoms. The number of hydrogen-bond donors (Lipinski definition) is 16. The van der Waals surface area contributed by atoms with Crippen LogP contribution in [-0.4, -0.2) is 226 Å². The molecular weight excluding hydrogens is 740 g/mol. The van der Waals surface area contributed by atoms with E-state index in [9.17, 15) is 40.9 Å². The van der Waals surface area contributed by atoms with E-state index in [1.54, 1.807) is 23.9 Å². The Morgan fingerprint density at radius 3 is 1.21 bits per heavy atom. The van der Waals surface area contributed by atoms with Crippen LogP contribution < -0.4 is 45.9 Å². The molecule has 4 rings (SSSR count). The second kappa shape index (κ2) is 21.1. The number of aliphatic hydroxyl groups excluding tert-OH is 8. The van der Waals surface area contributed by atoms with E-state index in [0.29, 0.717) is 25.9 Å². The van der Waals surface area contributed by atoms with Crippen LogP contribution in [0.1, 0.15) is 25.7 Å². The minimum atomic E-state index is -1.35. The lowest BCUT2D eigenvalue weighted by molar-refractivity contribution is -0.222. The van der Waals surface area contributed by atoms with Crippen LogP contribution in [0.25, 0.3) is 0 Å². The van der Waals surface area contributed by atoms with Crippen molar-refractivity contribution in [3.63, 3.8) is 0 Å². The molecule has 0 aromatic rings. The molecule has 2 heterocycles. The third-order valence-corrected chi connectivity index (χ3v) is 12.4. The fourth-order valence-electron chi connectivity index (χ4n) is 8.72. The van der Waals surface area contributed by atoms with Gasteiger partial charge in [0.25, 0.3) is 0 Å². The van der Waals surface area contributed by atoms with Gasteiger partial charge in [0, 0.05) is 62.2 Å². The Labute approximate surface area is 328 Å². The zero-order chi connectivity index (χ0) is 41.8. The SMILES string of the molecule is CN(CCCCN(C)[C@@H](O)CO[C@@H]1[C@@H](O)[C@H](N)C[C@H](N)[C@H]1[C@H]1O[C@H](CN)[C@@H](O)[C@H](O)[C@H]1N)[C@@H](O)CO[C@@H]1[C@@H](O)[C@H](N)C[C@H](N)[C@H]1[C@H]1O[C@H](CN)[C@@H](O)[C@H](O)[C@H]1N. The lowest BCUT2D eigenvalue weighted by atomic mass is 9.71. The molecule has 2 aliphatic carbocycles. The Hall–Kier alpha value is -0.880. The van der Waals surface area contributed by atoms with E-state index < -0.39 is 134 Å².